The number of halogens is 2. The Morgan fingerprint density at radius 1 is 1.67 bits per heavy atom. The highest BCUT2D eigenvalue weighted by Crippen LogP contribution is 2.21. The van der Waals surface area contributed by atoms with E-state index < -0.39 is 5.91 Å². The van der Waals surface area contributed by atoms with E-state index in [1.807, 2.05) is 0 Å². The van der Waals surface area contributed by atoms with Crippen LogP contribution >= 0.6 is 32.9 Å². The maximum Gasteiger partial charge on any atom is 0.271 e. The number of primary amides is 1. The minimum absolute atomic E-state index is 0. The first-order valence-electron chi connectivity index (χ1n) is 2.81. The van der Waals surface area contributed by atoms with Crippen LogP contribution in [0.2, 0.25) is 0 Å². The fourth-order valence-corrected chi connectivity index (χ4v) is 0.969. The molecule has 1 amide bonds. The summed E-state index contributed by atoms with van der Waals surface area (Å²) < 4.78 is 2.00. The number of rotatable bonds is 1. The number of carbonyl (C=O) groups is 1. The van der Waals surface area contributed by atoms with Crippen molar-refractivity contribution >= 4 is 44.5 Å². The van der Waals surface area contributed by atoms with E-state index in [-0.39, 0.29) is 28.4 Å². The molecule has 1 rings (SSSR count). The Bertz CT molecular complexity index is 309. The topological polar surface area (TPSA) is 86.9 Å². The van der Waals surface area contributed by atoms with Crippen LogP contribution < -0.4 is 11.5 Å². The second-order valence-electron chi connectivity index (χ2n) is 2.04. The van der Waals surface area contributed by atoms with E-state index in [1.54, 1.807) is 7.05 Å². The molecular weight excluding hydrogens is 292 g/mol. The number of hydrogen-bond acceptors (Lipinski definition) is 3. The minimum Gasteiger partial charge on any atom is -0.395 e. The van der Waals surface area contributed by atoms with E-state index in [4.69, 9.17) is 11.5 Å². The van der Waals surface area contributed by atoms with E-state index in [0.717, 1.165) is 0 Å². The normalized spacial score (nSPS) is 9.17. The van der Waals surface area contributed by atoms with Crippen LogP contribution in [0.1, 0.15) is 10.5 Å². The Morgan fingerprint density at radius 3 is 2.33 bits per heavy atom. The summed E-state index contributed by atoms with van der Waals surface area (Å²) in [6.07, 6.45) is 0. The summed E-state index contributed by atoms with van der Waals surface area (Å²) in [7, 11) is 1.66. The second kappa shape index (κ2) is 3.90. The lowest BCUT2D eigenvalue weighted by Gasteiger charge is -1.88. The first-order valence-corrected chi connectivity index (χ1v) is 3.61. The maximum atomic E-state index is 10.6. The van der Waals surface area contributed by atoms with Gasteiger partial charge in [-0.3, -0.25) is 9.48 Å². The minimum atomic E-state index is -0.621. The fourth-order valence-electron chi connectivity index (χ4n) is 0.702. The van der Waals surface area contributed by atoms with Crippen LogP contribution in [0.4, 0.5) is 5.69 Å². The van der Waals surface area contributed by atoms with Crippen molar-refractivity contribution in [3.8, 4) is 0 Å². The van der Waals surface area contributed by atoms with E-state index >= 15 is 0 Å². The number of anilines is 1. The van der Waals surface area contributed by atoms with E-state index in [1.165, 1.54) is 4.68 Å². The molecule has 12 heavy (non-hydrogen) atoms. The molecule has 0 aliphatic heterocycles. The lowest BCUT2D eigenvalue weighted by molar-refractivity contribution is 0.0995. The van der Waals surface area contributed by atoms with Gasteiger partial charge in [-0.15, -0.1) is 17.0 Å². The third-order valence-corrected chi connectivity index (χ3v) is 2.19. The van der Waals surface area contributed by atoms with Gasteiger partial charge in [0.15, 0.2) is 5.69 Å². The van der Waals surface area contributed by atoms with Crippen molar-refractivity contribution in [1.82, 2.24) is 9.78 Å². The lowest BCUT2D eigenvalue weighted by Crippen LogP contribution is -2.13. The summed E-state index contributed by atoms with van der Waals surface area (Å²) >= 11 is 3.14. The Balaban J connectivity index is 0.00000121. The van der Waals surface area contributed by atoms with Crippen molar-refractivity contribution in [3.05, 3.63) is 10.3 Å². The second-order valence-corrected chi connectivity index (χ2v) is 2.79. The zero-order valence-electron chi connectivity index (χ0n) is 6.24. The molecule has 0 aliphatic rings. The molecule has 4 N–H and O–H groups in total. The summed E-state index contributed by atoms with van der Waals surface area (Å²) in [5.41, 5.74) is 10.8. The molecule has 0 fully saturated rings. The van der Waals surface area contributed by atoms with Gasteiger partial charge in [0, 0.05) is 7.05 Å². The molecule has 0 bridgehead atoms. The first-order chi connectivity index (χ1) is 5.04. The first kappa shape index (κ1) is 11.4. The van der Waals surface area contributed by atoms with Gasteiger partial charge in [0.1, 0.15) is 4.60 Å². The van der Waals surface area contributed by atoms with Crippen LogP contribution in [-0.4, -0.2) is 15.7 Å². The molecule has 5 nitrogen and oxygen atoms in total. The van der Waals surface area contributed by atoms with Gasteiger partial charge in [0.05, 0.1) is 5.69 Å². The number of carbonyl (C=O) groups excluding carboxylic acids is 1. The Hall–Kier alpha value is -0.560. The average molecular weight is 300 g/mol. The van der Waals surface area contributed by atoms with Gasteiger partial charge in [-0.1, -0.05) is 0 Å². The molecule has 0 spiro atoms. The van der Waals surface area contributed by atoms with Gasteiger partial charge in [0.25, 0.3) is 5.91 Å². The highest BCUT2D eigenvalue weighted by Gasteiger charge is 2.14. The zero-order valence-corrected chi connectivity index (χ0v) is 9.54. The highest BCUT2D eigenvalue weighted by molar-refractivity contribution is 9.10. The average Bonchev–Trinajstić information content (AvgIpc) is 2.17. The van der Waals surface area contributed by atoms with Gasteiger partial charge in [-0.2, -0.15) is 5.10 Å². The largest absolute Gasteiger partial charge is 0.395 e. The van der Waals surface area contributed by atoms with Crippen molar-refractivity contribution < 1.29 is 4.79 Å². The van der Waals surface area contributed by atoms with Gasteiger partial charge in [-0.25, -0.2) is 0 Å². The Kier molecular flexibility index (Phi) is 3.72. The molecule has 0 unspecified atom stereocenters. The van der Waals surface area contributed by atoms with Gasteiger partial charge >= 0.3 is 0 Å². The van der Waals surface area contributed by atoms with Crippen LogP contribution in [0.3, 0.4) is 0 Å². The SMILES string of the molecule is Br.Cn1nc(C(N)=O)c(N)c1Br. The number of aromatic nitrogens is 2. The summed E-state index contributed by atoms with van der Waals surface area (Å²) in [5, 5.41) is 3.78. The van der Waals surface area contributed by atoms with E-state index in [2.05, 4.69) is 21.0 Å². The standard InChI is InChI=1S/C5H7BrN4O.BrH/c1-10-4(6)2(7)3(9-10)5(8)11;/h7H2,1H3,(H2,8,11);1H. The molecule has 0 atom stereocenters. The summed E-state index contributed by atoms with van der Waals surface area (Å²) in [6, 6.07) is 0. The molecule has 1 aromatic rings. The molecule has 0 aliphatic carbocycles. The molecule has 1 aromatic heterocycles. The number of nitrogen functional groups attached to an aromatic ring is 1. The van der Waals surface area contributed by atoms with E-state index in [0.29, 0.717) is 4.60 Å². The number of nitrogens with two attached hydrogens (primary N) is 2. The Morgan fingerprint density at radius 2 is 2.17 bits per heavy atom. The van der Waals surface area contributed by atoms with Gasteiger partial charge in [0.2, 0.25) is 0 Å². The molecule has 0 saturated heterocycles. The number of nitrogens with zero attached hydrogens (tertiary/aromatic N) is 2. The molecular formula is C5H8Br2N4O. The molecule has 1 heterocycles. The van der Waals surface area contributed by atoms with Crippen LogP contribution in [0.5, 0.6) is 0 Å². The number of amides is 1. The van der Waals surface area contributed by atoms with Crippen molar-refractivity contribution in [2.24, 2.45) is 12.8 Å². The maximum absolute atomic E-state index is 10.6. The van der Waals surface area contributed by atoms with Crippen LogP contribution in [0.25, 0.3) is 0 Å². The third-order valence-electron chi connectivity index (χ3n) is 1.24. The van der Waals surface area contributed by atoms with Crippen molar-refractivity contribution in [2.75, 3.05) is 5.73 Å². The van der Waals surface area contributed by atoms with Crippen molar-refractivity contribution in [2.45, 2.75) is 0 Å². The number of hydrogen-bond donors (Lipinski definition) is 2. The quantitative estimate of drug-likeness (QED) is 0.789. The zero-order chi connectivity index (χ0) is 8.59. The monoisotopic (exact) mass is 298 g/mol. The predicted octanol–water partition coefficient (Wildman–Crippen LogP) is 0.442. The Labute approximate surface area is 88.0 Å². The van der Waals surface area contributed by atoms with Crippen LogP contribution in [0, 0.1) is 0 Å². The van der Waals surface area contributed by atoms with Gasteiger partial charge < -0.3 is 11.5 Å². The van der Waals surface area contributed by atoms with E-state index in [9.17, 15) is 4.79 Å². The number of aryl methyl sites for hydroxylation is 1. The molecule has 7 heteroatoms. The van der Waals surface area contributed by atoms with Crippen LogP contribution in [0.15, 0.2) is 4.60 Å². The smallest absolute Gasteiger partial charge is 0.271 e. The molecule has 0 saturated carbocycles. The van der Waals surface area contributed by atoms with Gasteiger partial charge in [-0.05, 0) is 15.9 Å². The van der Waals surface area contributed by atoms with Crippen molar-refractivity contribution in [3.63, 3.8) is 0 Å². The molecule has 68 valence electrons. The lowest BCUT2D eigenvalue weighted by atomic mass is 10.4. The summed E-state index contributed by atoms with van der Waals surface area (Å²) in [5.74, 6) is -0.621. The fraction of sp³-hybridized carbons (Fsp3) is 0.200. The third kappa shape index (κ3) is 1.78. The molecule has 0 aromatic carbocycles. The summed E-state index contributed by atoms with van der Waals surface area (Å²) in [4.78, 5) is 10.6. The molecule has 0 radical (unpaired) electrons. The predicted molar refractivity (Wildman–Crippen MR) is 54.2 cm³/mol. The summed E-state index contributed by atoms with van der Waals surface area (Å²) in [6.45, 7) is 0. The van der Waals surface area contributed by atoms with Crippen LogP contribution in [-0.2, 0) is 7.05 Å². The van der Waals surface area contributed by atoms with Crippen molar-refractivity contribution in [1.29, 1.82) is 0 Å². The highest BCUT2D eigenvalue weighted by atomic mass is 79.9.